The fourth-order valence-electron chi connectivity index (χ4n) is 3.26. The summed E-state index contributed by atoms with van der Waals surface area (Å²) in [5.74, 6) is 0.611. The molecule has 0 fully saturated rings. The Bertz CT molecular complexity index is 1090. The van der Waals surface area contributed by atoms with E-state index in [-0.39, 0.29) is 5.82 Å². The first-order chi connectivity index (χ1) is 15.3. The average Bonchev–Trinajstić information content (AvgIpc) is 2.67. The van der Waals surface area contributed by atoms with Crippen molar-refractivity contribution < 1.29 is 4.39 Å². The minimum atomic E-state index is -0.254. The molecule has 1 aromatic heterocycles. The van der Waals surface area contributed by atoms with E-state index in [9.17, 15) is 4.39 Å². The number of aliphatic imine (C=N–C) groups is 1. The van der Waals surface area contributed by atoms with Crippen molar-refractivity contribution in [3.05, 3.63) is 82.4 Å². The van der Waals surface area contributed by atoms with Gasteiger partial charge in [-0.15, -0.1) is 0 Å². The number of thiocarbonyl (C=S) groups is 1. The molecule has 8 heteroatoms. The highest BCUT2D eigenvalue weighted by Crippen LogP contribution is 2.13. The van der Waals surface area contributed by atoms with Crippen LogP contribution in [0.2, 0.25) is 0 Å². The van der Waals surface area contributed by atoms with Crippen LogP contribution in [0.1, 0.15) is 28.1 Å². The highest BCUT2D eigenvalue weighted by atomic mass is 32.1. The van der Waals surface area contributed by atoms with Crippen LogP contribution in [0.4, 0.5) is 16.0 Å². The number of aryl methyl sites for hydroxylation is 4. The van der Waals surface area contributed by atoms with E-state index in [1.165, 1.54) is 12.1 Å². The quantitative estimate of drug-likeness (QED) is 0.293. The molecule has 0 aliphatic carbocycles. The summed E-state index contributed by atoms with van der Waals surface area (Å²) in [5, 5.41) is 9.82. The number of nitrogens with zero attached hydrogens (tertiary/aromatic N) is 3. The van der Waals surface area contributed by atoms with E-state index in [0.29, 0.717) is 30.0 Å². The van der Waals surface area contributed by atoms with Gasteiger partial charge in [-0.25, -0.2) is 14.4 Å². The maximum atomic E-state index is 13.1. The van der Waals surface area contributed by atoms with Crippen LogP contribution in [0.15, 0.2) is 53.5 Å². The van der Waals surface area contributed by atoms with Gasteiger partial charge >= 0.3 is 0 Å². The molecule has 3 rings (SSSR count). The second-order valence-electron chi connectivity index (χ2n) is 7.66. The highest BCUT2D eigenvalue weighted by molar-refractivity contribution is 7.80. The van der Waals surface area contributed by atoms with E-state index in [2.05, 4.69) is 37.0 Å². The van der Waals surface area contributed by atoms with Crippen molar-refractivity contribution in [1.29, 1.82) is 0 Å². The van der Waals surface area contributed by atoms with Crippen molar-refractivity contribution in [3.63, 3.8) is 0 Å². The van der Waals surface area contributed by atoms with Gasteiger partial charge in [-0.05, 0) is 93.4 Å². The third-order valence-corrected chi connectivity index (χ3v) is 4.71. The number of guanidine groups is 1. The summed E-state index contributed by atoms with van der Waals surface area (Å²) < 4.78 is 13.1. The summed E-state index contributed by atoms with van der Waals surface area (Å²) in [5.41, 5.74) is 5.88. The zero-order valence-electron chi connectivity index (χ0n) is 18.7. The van der Waals surface area contributed by atoms with Crippen LogP contribution < -0.4 is 16.0 Å². The van der Waals surface area contributed by atoms with E-state index >= 15 is 0 Å². The summed E-state index contributed by atoms with van der Waals surface area (Å²) in [4.78, 5) is 13.4. The predicted molar refractivity (Wildman–Crippen MR) is 133 cm³/mol. The van der Waals surface area contributed by atoms with Crippen molar-refractivity contribution in [2.24, 2.45) is 4.99 Å². The number of nitrogens with one attached hydrogen (secondary N) is 3. The predicted octanol–water partition coefficient (Wildman–Crippen LogP) is 4.85. The van der Waals surface area contributed by atoms with Crippen LogP contribution in [-0.4, -0.2) is 27.6 Å². The van der Waals surface area contributed by atoms with Gasteiger partial charge < -0.3 is 10.6 Å². The van der Waals surface area contributed by atoms with E-state index < -0.39 is 0 Å². The molecule has 0 bridgehead atoms. The van der Waals surface area contributed by atoms with Gasteiger partial charge in [0.25, 0.3) is 0 Å². The molecule has 6 nitrogen and oxygen atoms in total. The molecule has 0 spiro atoms. The molecular formula is C24H27FN6S. The Kier molecular flexibility index (Phi) is 7.83. The Morgan fingerprint density at radius 2 is 1.53 bits per heavy atom. The summed E-state index contributed by atoms with van der Waals surface area (Å²) in [6, 6.07) is 14.4. The van der Waals surface area contributed by atoms with Gasteiger partial charge in [-0.2, -0.15) is 0 Å². The number of aromatic nitrogens is 2. The van der Waals surface area contributed by atoms with Crippen LogP contribution in [0, 0.1) is 33.5 Å². The lowest BCUT2D eigenvalue weighted by Gasteiger charge is -2.15. The second kappa shape index (κ2) is 10.8. The molecule has 1 heterocycles. The van der Waals surface area contributed by atoms with Crippen molar-refractivity contribution in [1.82, 2.24) is 15.3 Å². The largest absolute Gasteiger partial charge is 0.332 e. The molecule has 0 unspecified atom stereocenters. The lowest BCUT2D eigenvalue weighted by molar-refractivity contribution is 0.627. The average molecular weight is 451 g/mol. The third kappa shape index (κ3) is 7.39. The zero-order valence-corrected chi connectivity index (χ0v) is 19.5. The normalized spacial score (nSPS) is 11.2. The molecule has 3 aromatic rings. The molecule has 0 radical (unpaired) electrons. The maximum Gasteiger partial charge on any atom is 0.229 e. The van der Waals surface area contributed by atoms with Crippen LogP contribution in [0.3, 0.4) is 0 Å². The molecule has 32 heavy (non-hydrogen) atoms. The van der Waals surface area contributed by atoms with Gasteiger partial charge in [0, 0.05) is 23.6 Å². The van der Waals surface area contributed by atoms with E-state index in [4.69, 9.17) is 12.2 Å². The highest BCUT2D eigenvalue weighted by Gasteiger charge is 2.08. The molecule has 0 saturated carbocycles. The summed E-state index contributed by atoms with van der Waals surface area (Å²) >= 11 is 5.50. The first kappa shape index (κ1) is 23.3. The maximum absolute atomic E-state index is 13.1. The lowest BCUT2D eigenvalue weighted by atomic mass is 10.1. The minimum absolute atomic E-state index is 0.254. The van der Waals surface area contributed by atoms with Crippen LogP contribution in [0.5, 0.6) is 0 Å². The van der Waals surface area contributed by atoms with Crippen molar-refractivity contribution in [3.8, 4) is 0 Å². The number of hydrogen-bond acceptors (Lipinski definition) is 4. The Labute approximate surface area is 193 Å². The molecule has 2 aromatic carbocycles. The van der Waals surface area contributed by atoms with Gasteiger partial charge in [-0.3, -0.25) is 10.3 Å². The minimum Gasteiger partial charge on any atom is -0.332 e. The molecule has 166 valence electrons. The second-order valence-corrected chi connectivity index (χ2v) is 8.07. The molecular weight excluding hydrogens is 423 g/mol. The standard InChI is InChI=1S/C24H27FN6S/c1-15-11-16(2)13-21(12-15)29-24(32)31-22(30-23-27-17(3)14-18(4)28-23)26-10-9-19-5-7-20(25)8-6-19/h5-8,11-14H,9-10H2,1-4H3,(H3,26,27,28,29,30,31,32). The Morgan fingerprint density at radius 3 is 2.16 bits per heavy atom. The first-order valence-corrected chi connectivity index (χ1v) is 10.7. The summed E-state index contributed by atoms with van der Waals surface area (Å²) in [6.07, 6.45) is 0.651. The van der Waals surface area contributed by atoms with Crippen molar-refractivity contribution >= 4 is 34.9 Å². The van der Waals surface area contributed by atoms with Gasteiger partial charge in [0.2, 0.25) is 11.9 Å². The molecule has 3 N–H and O–H groups in total. The van der Waals surface area contributed by atoms with Crippen LogP contribution in [0.25, 0.3) is 0 Å². The Balaban J connectivity index is 1.73. The van der Waals surface area contributed by atoms with Crippen LogP contribution in [-0.2, 0) is 6.42 Å². The van der Waals surface area contributed by atoms with Gasteiger partial charge in [0.15, 0.2) is 5.11 Å². The Hall–Kier alpha value is -3.39. The topological polar surface area (TPSA) is 74.2 Å². The monoisotopic (exact) mass is 450 g/mol. The van der Waals surface area contributed by atoms with E-state index in [1.807, 2.05) is 45.9 Å². The lowest BCUT2D eigenvalue weighted by Crippen LogP contribution is -2.39. The number of rotatable bonds is 5. The van der Waals surface area contributed by atoms with Gasteiger partial charge in [0.1, 0.15) is 5.82 Å². The van der Waals surface area contributed by atoms with Gasteiger partial charge in [-0.1, -0.05) is 18.2 Å². The number of anilines is 2. The summed E-state index contributed by atoms with van der Waals surface area (Å²) in [6.45, 7) is 8.36. The molecule has 0 saturated heterocycles. The fraction of sp³-hybridized carbons (Fsp3) is 0.250. The number of benzene rings is 2. The van der Waals surface area contributed by atoms with E-state index in [0.717, 1.165) is 33.8 Å². The van der Waals surface area contributed by atoms with E-state index in [1.54, 1.807) is 12.1 Å². The third-order valence-electron chi connectivity index (χ3n) is 4.51. The molecule has 0 aliphatic rings. The smallest absolute Gasteiger partial charge is 0.229 e. The summed E-state index contributed by atoms with van der Waals surface area (Å²) in [7, 11) is 0. The molecule has 0 atom stereocenters. The Morgan fingerprint density at radius 1 is 0.906 bits per heavy atom. The van der Waals surface area contributed by atoms with Crippen molar-refractivity contribution in [2.45, 2.75) is 34.1 Å². The fourth-order valence-corrected chi connectivity index (χ4v) is 3.48. The molecule has 0 amide bonds. The van der Waals surface area contributed by atoms with Crippen LogP contribution >= 0.6 is 12.2 Å². The van der Waals surface area contributed by atoms with Gasteiger partial charge in [0.05, 0.1) is 0 Å². The first-order valence-electron chi connectivity index (χ1n) is 10.3. The number of halogens is 1. The SMILES string of the molecule is Cc1cc(C)cc(NC(=S)NC(=NCCc2ccc(F)cc2)Nc2nc(C)cc(C)n2)c1. The zero-order chi connectivity index (χ0) is 23.1. The number of hydrogen-bond donors (Lipinski definition) is 3. The molecule has 0 aliphatic heterocycles. The van der Waals surface area contributed by atoms with Crippen molar-refractivity contribution in [2.75, 3.05) is 17.2 Å².